The fourth-order valence-corrected chi connectivity index (χ4v) is 2.45. The SMILES string of the molecule is Nc1nc2ccc(Br)cc2n1N1CCOCC1. The van der Waals surface area contributed by atoms with Crippen molar-refractivity contribution < 1.29 is 4.74 Å². The van der Waals surface area contributed by atoms with Crippen molar-refractivity contribution in [3.63, 3.8) is 0 Å². The number of anilines is 1. The van der Waals surface area contributed by atoms with Gasteiger partial charge in [-0.15, -0.1) is 0 Å². The van der Waals surface area contributed by atoms with Crippen LogP contribution in [0.2, 0.25) is 0 Å². The summed E-state index contributed by atoms with van der Waals surface area (Å²) in [4.78, 5) is 4.37. The number of benzene rings is 1. The Morgan fingerprint density at radius 2 is 2.06 bits per heavy atom. The van der Waals surface area contributed by atoms with E-state index in [1.807, 2.05) is 22.9 Å². The minimum atomic E-state index is 0.528. The first-order valence-corrected chi connectivity index (χ1v) is 6.31. The van der Waals surface area contributed by atoms with Gasteiger partial charge in [0.25, 0.3) is 0 Å². The molecule has 2 aromatic rings. The molecule has 2 heterocycles. The molecule has 1 aromatic heterocycles. The summed E-state index contributed by atoms with van der Waals surface area (Å²) in [6.45, 7) is 3.13. The molecule has 1 saturated heterocycles. The second-order valence-corrected chi connectivity index (χ2v) is 4.90. The highest BCUT2D eigenvalue weighted by atomic mass is 79.9. The molecule has 0 unspecified atom stereocenters. The van der Waals surface area contributed by atoms with Crippen molar-refractivity contribution in [2.45, 2.75) is 0 Å². The summed E-state index contributed by atoms with van der Waals surface area (Å²) in [6.07, 6.45) is 0. The Kier molecular flexibility index (Phi) is 2.68. The van der Waals surface area contributed by atoms with Crippen LogP contribution in [-0.4, -0.2) is 36.0 Å². The Hall–Kier alpha value is -1.27. The molecule has 17 heavy (non-hydrogen) atoms. The maximum Gasteiger partial charge on any atom is 0.220 e. The number of hydrogen-bond acceptors (Lipinski definition) is 4. The third-order valence-corrected chi connectivity index (χ3v) is 3.38. The summed E-state index contributed by atoms with van der Waals surface area (Å²) in [5, 5.41) is 2.17. The summed E-state index contributed by atoms with van der Waals surface area (Å²) >= 11 is 3.47. The zero-order valence-electron chi connectivity index (χ0n) is 9.27. The quantitative estimate of drug-likeness (QED) is 0.863. The number of imidazole rings is 1. The molecule has 0 bridgehead atoms. The van der Waals surface area contributed by atoms with Crippen molar-refractivity contribution in [3.05, 3.63) is 22.7 Å². The second kappa shape index (κ2) is 4.19. The third-order valence-electron chi connectivity index (χ3n) is 2.89. The highest BCUT2D eigenvalue weighted by molar-refractivity contribution is 9.10. The number of halogens is 1. The molecule has 2 N–H and O–H groups in total. The van der Waals surface area contributed by atoms with E-state index in [9.17, 15) is 0 Å². The number of nitrogen functional groups attached to an aromatic ring is 1. The molecule has 5 nitrogen and oxygen atoms in total. The normalized spacial score (nSPS) is 16.6. The number of fused-ring (bicyclic) bond motifs is 1. The minimum absolute atomic E-state index is 0.528. The van der Waals surface area contributed by atoms with Crippen LogP contribution in [0.25, 0.3) is 11.0 Å². The van der Waals surface area contributed by atoms with E-state index in [1.54, 1.807) is 0 Å². The van der Waals surface area contributed by atoms with Gasteiger partial charge < -0.3 is 15.5 Å². The lowest BCUT2D eigenvalue weighted by Gasteiger charge is -2.30. The van der Waals surface area contributed by atoms with E-state index in [2.05, 4.69) is 25.9 Å². The van der Waals surface area contributed by atoms with E-state index in [4.69, 9.17) is 10.5 Å². The lowest BCUT2D eigenvalue weighted by atomic mass is 10.3. The number of nitrogens with two attached hydrogens (primary N) is 1. The Morgan fingerprint density at radius 3 is 2.82 bits per heavy atom. The number of aromatic nitrogens is 2. The van der Waals surface area contributed by atoms with Gasteiger partial charge in [0.15, 0.2) is 0 Å². The fraction of sp³-hybridized carbons (Fsp3) is 0.364. The summed E-state index contributed by atoms with van der Waals surface area (Å²) < 4.78 is 8.35. The molecule has 0 spiro atoms. The van der Waals surface area contributed by atoms with Gasteiger partial charge in [0.1, 0.15) is 0 Å². The first-order chi connectivity index (χ1) is 8.25. The number of morpholine rings is 1. The van der Waals surface area contributed by atoms with E-state index in [0.29, 0.717) is 5.95 Å². The highest BCUT2D eigenvalue weighted by Crippen LogP contribution is 2.22. The average Bonchev–Trinajstić information content (AvgIpc) is 2.65. The van der Waals surface area contributed by atoms with Crippen molar-refractivity contribution in [2.75, 3.05) is 37.0 Å². The summed E-state index contributed by atoms with van der Waals surface area (Å²) in [5.41, 5.74) is 7.93. The van der Waals surface area contributed by atoms with Gasteiger partial charge in [-0.2, -0.15) is 0 Å². The number of nitrogens with zero attached hydrogens (tertiary/aromatic N) is 3. The van der Waals surface area contributed by atoms with Crippen LogP contribution in [-0.2, 0) is 4.74 Å². The van der Waals surface area contributed by atoms with Crippen LogP contribution in [0.5, 0.6) is 0 Å². The molecule has 1 aromatic carbocycles. The number of rotatable bonds is 1. The molecule has 1 fully saturated rings. The Balaban J connectivity index is 2.13. The van der Waals surface area contributed by atoms with Gasteiger partial charge in [-0.1, -0.05) is 15.9 Å². The van der Waals surface area contributed by atoms with Crippen LogP contribution >= 0.6 is 15.9 Å². The number of ether oxygens (including phenoxy) is 1. The number of hydrogen-bond donors (Lipinski definition) is 1. The Bertz CT molecular complexity index is 548. The molecule has 1 aliphatic rings. The van der Waals surface area contributed by atoms with Gasteiger partial charge in [0, 0.05) is 4.47 Å². The van der Waals surface area contributed by atoms with E-state index in [-0.39, 0.29) is 0 Å². The van der Waals surface area contributed by atoms with Crippen molar-refractivity contribution in [1.29, 1.82) is 0 Å². The van der Waals surface area contributed by atoms with Crippen molar-refractivity contribution in [3.8, 4) is 0 Å². The van der Waals surface area contributed by atoms with Crippen molar-refractivity contribution >= 4 is 32.9 Å². The summed E-state index contributed by atoms with van der Waals surface area (Å²) in [6, 6.07) is 5.97. The zero-order valence-corrected chi connectivity index (χ0v) is 10.9. The van der Waals surface area contributed by atoms with E-state index in [1.165, 1.54) is 0 Å². The van der Waals surface area contributed by atoms with Gasteiger partial charge in [-0.25, -0.2) is 9.66 Å². The van der Waals surface area contributed by atoms with Crippen molar-refractivity contribution in [1.82, 2.24) is 9.66 Å². The Labute approximate surface area is 107 Å². The lowest BCUT2D eigenvalue weighted by molar-refractivity contribution is 0.112. The minimum Gasteiger partial charge on any atom is -0.378 e. The Morgan fingerprint density at radius 1 is 1.29 bits per heavy atom. The van der Waals surface area contributed by atoms with Crippen LogP contribution in [0.15, 0.2) is 22.7 Å². The molecule has 0 amide bonds. The van der Waals surface area contributed by atoms with Crippen LogP contribution in [0.4, 0.5) is 5.95 Å². The maximum atomic E-state index is 5.99. The largest absolute Gasteiger partial charge is 0.378 e. The molecule has 6 heteroatoms. The molecule has 90 valence electrons. The van der Waals surface area contributed by atoms with Crippen LogP contribution in [0, 0.1) is 0 Å². The zero-order chi connectivity index (χ0) is 11.8. The molecule has 0 aliphatic carbocycles. The van der Waals surface area contributed by atoms with Crippen LogP contribution in [0.3, 0.4) is 0 Å². The van der Waals surface area contributed by atoms with Gasteiger partial charge in [-0.3, -0.25) is 0 Å². The monoisotopic (exact) mass is 296 g/mol. The van der Waals surface area contributed by atoms with Gasteiger partial charge >= 0.3 is 0 Å². The first-order valence-electron chi connectivity index (χ1n) is 5.52. The predicted octanol–water partition coefficient (Wildman–Crippen LogP) is 1.35. The summed E-state index contributed by atoms with van der Waals surface area (Å²) in [5.74, 6) is 0.528. The molecule has 3 rings (SSSR count). The standard InChI is InChI=1S/C11H13BrN4O/c12-8-1-2-9-10(7-8)16(11(13)14-9)15-3-5-17-6-4-15/h1-2,7H,3-6H2,(H2,13,14). The maximum absolute atomic E-state index is 5.99. The average molecular weight is 297 g/mol. The smallest absolute Gasteiger partial charge is 0.220 e. The second-order valence-electron chi connectivity index (χ2n) is 3.98. The molecular formula is C11H13BrN4O. The van der Waals surface area contributed by atoms with E-state index < -0.39 is 0 Å². The van der Waals surface area contributed by atoms with Crippen molar-refractivity contribution in [2.24, 2.45) is 0 Å². The van der Waals surface area contributed by atoms with Gasteiger partial charge in [0.2, 0.25) is 5.95 Å². The van der Waals surface area contributed by atoms with Crippen LogP contribution in [0.1, 0.15) is 0 Å². The topological polar surface area (TPSA) is 56.3 Å². The van der Waals surface area contributed by atoms with E-state index in [0.717, 1.165) is 41.8 Å². The first kappa shape index (κ1) is 10.9. The molecule has 1 aliphatic heterocycles. The molecular weight excluding hydrogens is 284 g/mol. The molecule has 0 saturated carbocycles. The predicted molar refractivity (Wildman–Crippen MR) is 70.6 cm³/mol. The van der Waals surface area contributed by atoms with Gasteiger partial charge in [0.05, 0.1) is 37.3 Å². The highest BCUT2D eigenvalue weighted by Gasteiger charge is 2.17. The molecule has 0 radical (unpaired) electrons. The molecule has 0 atom stereocenters. The van der Waals surface area contributed by atoms with E-state index >= 15 is 0 Å². The third kappa shape index (κ3) is 1.87. The van der Waals surface area contributed by atoms with Crippen LogP contribution < -0.4 is 10.7 Å². The summed E-state index contributed by atoms with van der Waals surface area (Å²) in [7, 11) is 0. The van der Waals surface area contributed by atoms with Gasteiger partial charge in [-0.05, 0) is 18.2 Å². The lowest BCUT2D eigenvalue weighted by Crippen LogP contribution is -2.44. The fourth-order valence-electron chi connectivity index (χ4n) is 2.11.